The molecule has 0 aliphatic carbocycles. The fraction of sp³-hybridized carbons (Fsp3) is 0.824. The molecule has 1 rings (SSSR count). The maximum atomic E-state index is 11.6. The SMILES string of the molecule is C[C@H](CNC(=O)OC(C)(C)C)OC/C=C/B1OC(C)(C)C(C)(C)O1. The third kappa shape index (κ3) is 6.83. The second-order valence-electron chi connectivity index (χ2n) is 8.08. The van der Waals surface area contributed by atoms with Gasteiger partial charge in [-0.3, -0.25) is 0 Å². The van der Waals surface area contributed by atoms with E-state index in [4.69, 9.17) is 18.8 Å². The van der Waals surface area contributed by atoms with Crippen LogP contribution in [0.4, 0.5) is 4.79 Å². The minimum Gasteiger partial charge on any atom is -0.444 e. The summed E-state index contributed by atoms with van der Waals surface area (Å²) in [6, 6.07) is 0. The Bertz CT molecular complexity index is 440. The summed E-state index contributed by atoms with van der Waals surface area (Å²) in [4.78, 5) is 11.6. The lowest BCUT2D eigenvalue weighted by Crippen LogP contribution is -2.41. The Morgan fingerprint density at radius 1 is 1.21 bits per heavy atom. The van der Waals surface area contributed by atoms with Crippen LogP contribution in [0.5, 0.6) is 0 Å². The number of carbonyl (C=O) groups is 1. The molecule has 1 N–H and O–H groups in total. The van der Waals surface area contributed by atoms with Crippen molar-refractivity contribution in [2.45, 2.75) is 78.3 Å². The first kappa shape index (κ1) is 21.0. The number of hydrogen-bond donors (Lipinski definition) is 1. The first-order valence-corrected chi connectivity index (χ1v) is 8.43. The monoisotopic (exact) mass is 341 g/mol. The highest BCUT2D eigenvalue weighted by molar-refractivity contribution is 6.51. The van der Waals surface area contributed by atoms with Crippen molar-refractivity contribution in [1.29, 1.82) is 0 Å². The van der Waals surface area contributed by atoms with Gasteiger partial charge in [0, 0.05) is 6.54 Å². The highest BCUT2D eigenvalue weighted by Crippen LogP contribution is 2.36. The van der Waals surface area contributed by atoms with Crippen molar-refractivity contribution in [2.75, 3.05) is 13.2 Å². The van der Waals surface area contributed by atoms with Crippen LogP contribution < -0.4 is 5.32 Å². The molecule has 1 aliphatic heterocycles. The summed E-state index contributed by atoms with van der Waals surface area (Å²) >= 11 is 0. The van der Waals surface area contributed by atoms with Gasteiger partial charge >= 0.3 is 13.2 Å². The Balaban J connectivity index is 2.24. The van der Waals surface area contributed by atoms with Crippen molar-refractivity contribution >= 4 is 13.2 Å². The molecule has 24 heavy (non-hydrogen) atoms. The van der Waals surface area contributed by atoms with Crippen LogP contribution in [0.1, 0.15) is 55.4 Å². The molecule has 1 heterocycles. The van der Waals surface area contributed by atoms with Gasteiger partial charge in [-0.2, -0.15) is 0 Å². The maximum absolute atomic E-state index is 11.6. The molecule has 0 unspecified atom stereocenters. The third-order valence-electron chi connectivity index (χ3n) is 3.97. The molecule has 0 aromatic rings. The van der Waals surface area contributed by atoms with Crippen LogP contribution in [0.2, 0.25) is 0 Å². The van der Waals surface area contributed by atoms with E-state index in [-0.39, 0.29) is 24.4 Å². The topological polar surface area (TPSA) is 66.0 Å². The molecule has 0 bridgehead atoms. The van der Waals surface area contributed by atoms with E-state index < -0.39 is 11.7 Å². The van der Waals surface area contributed by atoms with Crippen LogP contribution in [0.25, 0.3) is 0 Å². The first-order chi connectivity index (χ1) is 10.8. The molecule has 138 valence electrons. The lowest BCUT2D eigenvalue weighted by atomic mass is 9.90. The van der Waals surface area contributed by atoms with Crippen molar-refractivity contribution < 1.29 is 23.6 Å². The van der Waals surface area contributed by atoms with Gasteiger partial charge in [-0.1, -0.05) is 12.1 Å². The van der Waals surface area contributed by atoms with Gasteiger partial charge in [-0.15, -0.1) is 0 Å². The van der Waals surface area contributed by atoms with Crippen molar-refractivity contribution in [2.24, 2.45) is 0 Å². The lowest BCUT2D eigenvalue weighted by molar-refractivity contribution is 0.00578. The third-order valence-corrected chi connectivity index (χ3v) is 3.97. The van der Waals surface area contributed by atoms with Crippen LogP contribution in [-0.2, 0) is 18.8 Å². The molecule has 1 saturated heterocycles. The summed E-state index contributed by atoms with van der Waals surface area (Å²) in [5.74, 6) is 1.85. The Labute approximate surface area is 146 Å². The van der Waals surface area contributed by atoms with E-state index in [9.17, 15) is 4.79 Å². The molecule has 0 aromatic heterocycles. The number of carbonyl (C=O) groups excluding carboxylic acids is 1. The largest absolute Gasteiger partial charge is 0.486 e. The van der Waals surface area contributed by atoms with Gasteiger partial charge in [0.1, 0.15) is 5.60 Å². The number of hydrogen-bond acceptors (Lipinski definition) is 5. The number of ether oxygens (including phenoxy) is 2. The molecule has 1 amide bonds. The normalized spacial score (nSPS) is 21.1. The van der Waals surface area contributed by atoms with E-state index in [0.717, 1.165) is 0 Å². The Morgan fingerprint density at radius 2 is 1.75 bits per heavy atom. The van der Waals surface area contributed by atoms with Gasteiger partial charge in [-0.25, -0.2) is 4.79 Å². The van der Waals surface area contributed by atoms with Crippen molar-refractivity contribution in [3.05, 3.63) is 12.1 Å². The van der Waals surface area contributed by atoms with Gasteiger partial charge in [-0.05, 0) is 55.4 Å². The van der Waals surface area contributed by atoms with E-state index in [2.05, 4.69) is 5.32 Å². The predicted octanol–water partition coefficient (Wildman–Crippen LogP) is 3.10. The average Bonchev–Trinajstić information content (AvgIpc) is 2.58. The second kappa shape index (κ2) is 7.89. The zero-order valence-electron chi connectivity index (χ0n) is 16.3. The molecular formula is C17H32BNO5. The summed E-state index contributed by atoms with van der Waals surface area (Å²) in [7, 11) is -0.367. The van der Waals surface area contributed by atoms with Crippen molar-refractivity contribution in [1.82, 2.24) is 5.32 Å². The molecule has 1 aliphatic rings. The molecule has 0 spiro atoms. The van der Waals surface area contributed by atoms with Gasteiger partial charge in [0.15, 0.2) is 0 Å². The molecule has 1 atom stereocenters. The van der Waals surface area contributed by atoms with Gasteiger partial charge in [0.25, 0.3) is 0 Å². The van der Waals surface area contributed by atoms with E-state index >= 15 is 0 Å². The average molecular weight is 341 g/mol. The Kier molecular flexibility index (Phi) is 6.90. The second-order valence-corrected chi connectivity index (χ2v) is 8.08. The molecule has 6 nitrogen and oxygen atoms in total. The minimum atomic E-state index is -0.500. The number of rotatable bonds is 6. The van der Waals surface area contributed by atoms with Gasteiger partial charge in [0.2, 0.25) is 0 Å². The van der Waals surface area contributed by atoms with E-state index in [1.807, 2.05) is 67.4 Å². The minimum absolute atomic E-state index is 0.125. The number of alkyl carbamates (subject to hydrolysis) is 1. The van der Waals surface area contributed by atoms with Gasteiger partial charge in [0.05, 0.1) is 23.9 Å². The van der Waals surface area contributed by atoms with E-state index in [1.54, 1.807) is 0 Å². The van der Waals surface area contributed by atoms with Crippen LogP contribution in [0.15, 0.2) is 12.1 Å². The molecule has 7 heteroatoms. The number of amides is 1. The quantitative estimate of drug-likeness (QED) is 0.752. The van der Waals surface area contributed by atoms with Gasteiger partial charge < -0.3 is 24.1 Å². The van der Waals surface area contributed by atoms with Crippen LogP contribution in [0.3, 0.4) is 0 Å². The zero-order chi connectivity index (χ0) is 18.6. The summed E-state index contributed by atoms with van der Waals surface area (Å²) in [6.45, 7) is 16.2. The standard InChI is InChI=1S/C17H32BNO5/c1-13(12-19-14(20)22-15(2,3)4)21-11-9-10-18-23-16(5,6)17(7,8)24-18/h9-10,13H,11-12H2,1-8H3,(H,19,20)/b10-9+/t13-/m1/s1. The smallest absolute Gasteiger partial charge is 0.444 e. The van der Waals surface area contributed by atoms with Crippen molar-refractivity contribution in [3.63, 3.8) is 0 Å². The Hall–Kier alpha value is -1.05. The predicted molar refractivity (Wildman–Crippen MR) is 94.9 cm³/mol. The fourth-order valence-corrected chi connectivity index (χ4v) is 1.95. The summed E-state index contributed by atoms with van der Waals surface area (Å²) in [5.41, 5.74) is -1.18. The van der Waals surface area contributed by atoms with Crippen molar-refractivity contribution in [3.8, 4) is 0 Å². The molecule has 0 radical (unpaired) electrons. The fourth-order valence-electron chi connectivity index (χ4n) is 1.95. The first-order valence-electron chi connectivity index (χ1n) is 8.43. The van der Waals surface area contributed by atoms with E-state index in [0.29, 0.717) is 13.2 Å². The van der Waals surface area contributed by atoms with E-state index in [1.165, 1.54) is 0 Å². The highest BCUT2D eigenvalue weighted by atomic mass is 16.7. The van der Waals surface area contributed by atoms with Crippen LogP contribution >= 0.6 is 0 Å². The molecule has 0 aromatic carbocycles. The van der Waals surface area contributed by atoms with Crippen LogP contribution in [0, 0.1) is 0 Å². The molecule has 1 fully saturated rings. The maximum Gasteiger partial charge on any atom is 0.486 e. The summed E-state index contributed by atoms with van der Waals surface area (Å²) in [5, 5.41) is 2.68. The zero-order valence-corrected chi connectivity index (χ0v) is 16.3. The molecular weight excluding hydrogens is 309 g/mol. The number of nitrogens with one attached hydrogen (secondary N) is 1. The summed E-state index contributed by atoms with van der Waals surface area (Å²) in [6.07, 6.45) is 1.30. The molecule has 0 saturated carbocycles. The van der Waals surface area contributed by atoms with Crippen LogP contribution in [-0.4, -0.2) is 49.3 Å². The Morgan fingerprint density at radius 3 is 2.25 bits per heavy atom. The summed E-state index contributed by atoms with van der Waals surface area (Å²) < 4.78 is 22.5. The lowest BCUT2D eigenvalue weighted by Gasteiger charge is -2.32. The highest BCUT2D eigenvalue weighted by Gasteiger charge is 2.49.